The van der Waals surface area contributed by atoms with Crippen molar-refractivity contribution in [3.8, 4) is 0 Å². The van der Waals surface area contributed by atoms with E-state index in [1.54, 1.807) is 0 Å². The van der Waals surface area contributed by atoms with Gasteiger partial charge in [0.2, 0.25) is 5.91 Å². The minimum atomic E-state index is 0.0843. The van der Waals surface area contributed by atoms with Crippen LogP contribution in [0.3, 0.4) is 0 Å². The van der Waals surface area contributed by atoms with Gasteiger partial charge in [-0.2, -0.15) is 11.8 Å². The number of fused-ring (bicyclic) bond motifs is 1. The zero-order chi connectivity index (χ0) is 14.3. The Morgan fingerprint density at radius 2 is 2.15 bits per heavy atom. The molecule has 4 nitrogen and oxygen atoms in total. The van der Waals surface area contributed by atoms with E-state index in [2.05, 4.69) is 30.1 Å². The molecule has 0 spiro atoms. The van der Waals surface area contributed by atoms with E-state index in [1.807, 2.05) is 17.8 Å². The highest BCUT2D eigenvalue weighted by Crippen LogP contribution is 2.37. The number of benzene rings is 1. The van der Waals surface area contributed by atoms with Crippen LogP contribution in [-0.4, -0.2) is 29.5 Å². The Morgan fingerprint density at radius 1 is 1.35 bits per heavy atom. The lowest BCUT2D eigenvalue weighted by molar-refractivity contribution is -0.116. The largest absolute Gasteiger partial charge is 0.397 e. The minimum absolute atomic E-state index is 0.0843. The van der Waals surface area contributed by atoms with Crippen LogP contribution in [0.15, 0.2) is 12.1 Å². The maximum absolute atomic E-state index is 11.5. The van der Waals surface area contributed by atoms with Crippen LogP contribution in [0.2, 0.25) is 0 Å². The summed E-state index contributed by atoms with van der Waals surface area (Å²) in [6.45, 7) is 5.57. The Kier molecular flexibility index (Phi) is 3.54. The van der Waals surface area contributed by atoms with Crippen molar-refractivity contribution in [2.45, 2.75) is 38.0 Å². The number of amides is 1. The van der Waals surface area contributed by atoms with E-state index in [1.165, 1.54) is 5.56 Å². The maximum atomic E-state index is 11.5. The smallest absolute Gasteiger partial charge is 0.224 e. The van der Waals surface area contributed by atoms with Crippen LogP contribution >= 0.6 is 11.8 Å². The Hall–Kier alpha value is -1.36. The summed E-state index contributed by atoms with van der Waals surface area (Å²) in [5.74, 6) is 1.22. The maximum Gasteiger partial charge on any atom is 0.224 e. The van der Waals surface area contributed by atoms with E-state index in [4.69, 9.17) is 5.73 Å². The number of thioether (sulfide) groups is 1. The van der Waals surface area contributed by atoms with Crippen LogP contribution in [0.4, 0.5) is 17.1 Å². The number of carbonyl (C=O) groups is 1. The van der Waals surface area contributed by atoms with E-state index in [0.717, 1.165) is 35.8 Å². The highest BCUT2D eigenvalue weighted by molar-refractivity contribution is 8.00. The van der Waals surface area contributed by atoms with Crippen molar-refractivity contribution in [2.75, 3.05) is 28.2 Å². The molecule has 5 heteroatoms. The van der Waals surface area contributed by atoms with Crippen molar-refractivity contribution in [3.63, 3.8) is 0 Å². The average molecular weight is 291 g/mol. The third-order valence-corrected chi connectivity index (χ3v) is 5.68. The van der Waals surface area contributed by atoms with Crippen molar-refractivity contribution in [1.29, 1.82) is 0 Å². The van der Waals surface area contributed by atoms with Gasteiger partial charge >= 0.3 is 0 Å². The molecule has 1 saturated heterocycles. The number of carbonyl (C=O) groups excluding carboxylic acids is 1. The molecule has 2 aliphatic heterocycles. The number of hydrogen-bond donors (Lipinski definition) is 2. The average Bonchev–Trinajstić information content (AvgIpc) is 2.41. The molecule has 0 bridgehead atoms. The molecule has 3 N–H and O–H groups in total. The molecule has 0 radical (unpaired) electrons. The summed E-state index contributed by atoms with van der Waals surface area (Å²) >= 11 is 2.02. The molecule has 1 aromatic rings. The predicted molar refractivity (Wildman–Crippen MR) is 86.5 cm³/mol. The van der Waals surface area contributed by atoms with Crippen molar-refractivity contribution in [1.82, 2.24) is 0 Å². The summed E-state index contributed by atoms with van der Waals surface area (Å²) in [6.07, 6.45) is 1.37. The molecule has 2 heterocycles. The third kappa shape index (κ3) is 2.35. The molecule has 3 rings (SSSR count). The van der Waals surface area contributed by atoms with Gasteiger partial charge in [0.15, 0.2) is 0 Å². The number of rotatable bonds is 1. The van der Waals surface area contributed by atoms with Gasteiger partial charge in [-0.1, -0.05) is 6.92 Å². The van der Waals surface area contributed by atoms with Gasteiger partial charge in [-0.25, -0.2) is 0 Å². The Morgan fingerprint density at radius 3 is 2.95 bits per heavy atom. The highest BCUT2D eigenvalue weighted by Gasteiger charge is 2.27. The van der Waals surface area contributed by atoms with Crippen LogP contribution < -0.4 is 16.0 Å². The van der Waals surface area contributed by atoms with Gasteiger partial charge in [0.05, 0.1) is 11.4 Å². The predicted octanol–water partition coefficient (Wildman–Crippen LogP) is 2.48. The van der Waals surface area contributed by atoms with Crippen molar-refractivity contribution in [2.24, 2.45) is 0 Å². The van der Waals surface area contributed by atoms with Gasteiger partial charge in [-0.05, 0) is 31.0 Å². The molecule has 1 amide bonds. The summed E-state index contributed by atoms with van der Waals surface area (Å²) in [6, 6.07) is 4.57. The zero-order valence-corrected chi connectivity index (χ0v) is 12.8. The lowest BCUT2D eigenvalue weighted by Crippen LogP contribution is -2.45. The second-order valence-corrected chi connectivity index (χ2v) is 7.11. The molecule has 0 saturated carbocycles. The van der Waals surface area contributed by atoms with Crippen molar-refractivity contribution >= 4 is 34.7 Å². The molecule has 0 aromatic heterocycles. The van der Waals surface area contributed by atoms with Gasteiger partial charge in [0.1, 0.15) is 0 Å². The highest BCUT2D eigenvalue weighted by atomic mass is 32.2. The summed E-state index contributed by atoms with van der Waals surface area (Å²) in [7, 11) is 0. The van der Waals surface area contributed by atoms with E-state index in [9.17, 15) is 4.79 Å². The number of nitrogen functional groups attached to an aromatic ring is 1. The first-order chi connectivity index (χ1) is 9.56. The summed E-state index contributed by atoms with van der Waals surface area (Å²) < 4.78 is 0. The normalized spacial score (nSPS) is 26.1. The molecule has 20 heavy (non-hydrogen) atoms. The monoisotopic (exact) mass is 291 g/mol. The first-order valence-electron chi connectivity index (χ1n) is 7.17. The number of anilines is 3. The van der Waals surface area contributed by atoms with E-state index in [-0.39, 0.29) is 5.91 Å². The SMILES string of the molecule is CC1SCCN(c2cc3c(cc2N)NC(=O)CC3)C1C. The number of hydrogen-bond acceptors (Lipinski definition) is 4. The van der Waals surface area contributed by atoms with E-state index >= 15 is 0 Å². The second kappa shape index (κ2) is 5.20. The van der Waals surface area contributed by atoms with Crippen LogP contribution in [-0.2, 0) is 11.2 Å². The fraction of sp³-hybridized carbons (Fsp3) is 0.533. The first-order valence-corrected chi connectivity index (χ1v) is 8.21. The fourth-order valence-corrected chi connectivity index (χ4v) is 4.05. The van der Waals surface area contributed by atoms with Crippen LogP contribution in [0, 0.1) is 0 Å². The van der Waals surface area contributed by atoms with Crippen LogP contribution in [0.5, 0.6) is 0 Å². The lowest BCUT2D eigenvalue weighted by atomic mass is 10.00. The van der Waals surface area contributed by atoms with Crippen molar-refractivity contribution in [3.05, 3.63) is 17.7 Å². The van der Waals surface area contributed by atoms with Gasteiger partial charge < -0.3 is 16.0 Å². The minimum Gasteiger partial charge on any atom is -0.397 e. The summed E-state index contributed by atoms with van der Waals surface area (Å²) in [5, 5.41) is 3.52. The molecule has 2 atom stereocenters. The van der Waals surface area contributed by atoms with Gasteiger partial charge in [-0.15, -0.1) is 0 Å². The molecular formula is C15H21N3OS. The van der Waals surface area contributed by atoms with E-state index in [0.29, 0.717) is 17.7 Å². The quantitative estimate of drug-likeness (QED) is 0.781. The Balaban J connectivity index is 1.96. The topological polar surface area (TPSA) is 58.4 Å². The summed E-state index contributed by atoms with van der Waals surface area (Å²) in [5.41, 5.74) is 10.2. The van der Waals surface area contributed by atoms with Crippen LogP contribution in [0.25, 0.3) is 0 Å². The first kappa shape index (κ1) is 13.6. The van der Waals surface area contributed by atoms with Gasteiger partial charge in [0.25, 0.3) is 0 Å². The molecule has 1 fully saturated rings. The zero-order valence-electron chi connectivity index (χ0n) is 12.0. The Labute approximate surface area is 124 Å². The fourth-order valence-electron chi connectivity index (χ4n) is 2.95. The number of nitrogens with one attached hydrogen (secondary N) is 1. The number of aryl methyl sites for hydroxylation is 1. The molecule has 1 aromatic carbocycles. The molecular weight excluding hydrogens is 270 g/mol. The molecule has 0 aliphatic carbocycles. The molecule has 108 valence electrons. The number of nitrogens with two attached hydrogens (primary N) is 1. The van der Waals surface area contributed by atoms with Gasteiger partial charge in [-0.3, -0.25) is 4.79 Å². The Bertz CT molecular complexity index is 546. The summed E-state index contributed by atoms with van der Waals surface area (Å²) in [4.78, 5) is 13.9. The van der Waals surface area contributed by atoms with E-state index < -0.39 is 0 Å². The van der Waals surface area contributed by atoms with Crippen molar-refractivity contribution < 1.29 is 4.79 Å². The third-order valence-electron chi connectivity index (χ3n) is 4.34. The molecule has 2 aliphatic rings. The molecule has 2 unspecified atom stereocenters. The van der Waals surface area contributed by atoms with Crippen LogP contribution in [0.1, 0.15) is 25.8 Å². The second-order valence-electron chi connectivity index (χ2n) is 5.63. The number of nitrogens with zero attached hydrogens (tertiary/aromatic N) is 1. The standard InChI is InChI=1S/C15H21N3OS/c1-9-10(2)20-6-5-18(9)14-7-11-3-4-15(19)17-13(11)8-12(14)16/h7-10H,3-6,16H2,1-2H3,(H,17,19). The van der Waals surface area contributed by atoms with Gasteiger partial charge in [0, 0.05) is 35.7 Å². The lowest BCUT2D eigenvalue weighted by Gasteiger charge is -2.40.